The number of amides is 1. The summed E-state index contributed by atoms with van der Waals surface area (Å²) in [6.07, 6.45) is 0. The second-order valence-electron chi connectivity index (χ2n) is 4.67. The summed E-state index contributed by atoms with van der Waals surface area (Å²) in [5.41, 5.74) is 8.17. The number of carbonyl (C=O) groups is 1. The quantitative estimate of drug-likeness (QED) is 0.833. The van der Waals surface area contributed by atoms with Gasteiger partial charge in [0.25, 0.3) is 0 Å². The van der Waals surface area contributed by atoms with E-state index < -0.39 is 0 Å². The van der Waals surface area contributed by atoms with Gasteiger partial charge in [0.2, 0.25) is 5.91 Å². The maximum absolute atomic E-state index is 11.9. The van der Waals surface area contributed by atoms with E-state index >= 15 is 0 Å². The molecule has 6 heteroatoms. The smallest absolute Gasteiger partial charge is 0.242 e. The third kappa shape index (κ3) is 4.45. The van der Waals surface area contributed by atoms with Gasteiger partial charge in [-0.2, -0.15) is 5.10 Å². The Hall–Kier alpha value is -2.10. The predicted molar refractivity (Wildman–Crippen MR) is 83.8 cm³/mol. The Balaban J connectivity index is 1.86. The summed E-state index contributed by atoms with van der Waals surface area (Å²) in [5.74, 6) is 5.73. The number of rotatable bonds is 4. The Morgan fingerprint density at radius 2 is 2.29 bits per heavy atom. The van der Waals surface area contributed by atoms with Crippen LogP contribution < -0.4 is 11.1 Å². The van der Waals surface area contributed by atoms with E-state index in [1.54, 1.807) is 16.0 Å². The number of carbonyl (C=O) groups excluding carboxylic acids is 1. The van der Waals surface area contributed by atoms with Gasteiger partial charge in [0.15, 0.2) is 0 Å². The lowest BCUT2D eigenvalue weighted by Gasteiger charge is -2.05. The van der Waals surface area contributed by atoms with Crippen molar-refractivity contribution in [2.45, 2.75) is 26.9 Å². The fourth-order valence-electron chi connectivity index (χ4n) is 1.90. The van der Waals surface area contributed by atoms with E-state index in [-0.39, 0.29) is 12.5 Å². The first-order valence-corrected chi connectivity index (χ1v) is 7.50. The van der Waals surface area contributed by atoms with Crippen LogP contribution in [0.1, 0.15) is 21.8 Å². The molecule has 0 aromatic carbocycles. The topological polar surface area (TPSA) is 72.9 Å². The van der Waals surface area contributed by atoms with E-state index in [0.717, 1.165) is 21.8 Å². The van der Waals surface area contributed by atoms with Crippen LogP contribution in [-0.2, 0) is 17.9 Å². The van der Waals surface area contributed by atoms with Crippen LogP contribution in [0.25, 0.3) is 0 Å². The Labute approximate surface area is 128 Å². The SMILES string of the molecule is Cc1cc(C)n(CC(=O)NCc2cc(C#CCN)cs2)n1. The molecule has 0 aliphatic rings. The number of aromatic nitrogens is 2. The zero-order valence-electron chi connectivity index (χ0n) is 12.1. The molecule has 3 N–H and O–H groups in total. The van der Waals surface area contributed by atoms with Crippen molar-refractivity contribution < 1.29 is 4.79 Å². The van der Waals surface area contributed by atoms with Crippen molar-refractivity contribution in [2.24, 2.45) is 5.73 Å². The zero-order chi connectivity index (χ0) is 15.2. The summed E-state index contributed by atoms with van der Waals surface area (Å²) in [6.45, 7) is 4.95. The molecule has 0 bridgehead atoms. The standard InChI is InChI=1S/C15H18N4OS/c1-11-6-12(2)19(18-11)9-15(20)17-8-14-7-13(10-21-14)4-3-5-16/h6-7,10H,5,8-9,16H2,1-2H3,(H,17,20). The normalized spacial score (nSPS) is 10.0. The minimum atomic E-state index is -0.0517. The number of hydrogen-bond acceptors (Lipinski definition) is 4. The molecule has 0 aliphatic carbocycles. The van der Waals surface area contributed by atoms with Gasteiger partial charge in [0.1, 0.15) is 6.54 Å². The monoisotopic (exact) mass is 302 g/mol. The molecule has 0 aliphatic heterocycles. The Morgan fingerprint density at radius 1 is 1.48 bits per heavy atom. The molecule has 5 nitrogen and oxygen atoms in total. The summed E-state index contributed by atoms with van der Waals surface area (Å²) in [6, 6.07) is 3.92. The second-order valence-corrected chi connectivity index (χ2v) is 5.66. The largest absolute Gasteiger partial charge is 0.350 e. The molecular weight excluding hydrogens is 284 g/mol. The van der Waals surface area contributed by atoms with Gasteiger partial charge in [0.05, 0.1) is 18.8 Å². The average Bonchev–Trinajstić information content (AvgIpc) is 3.01. The molecule has 0 fully saturated rings. The molecule has 0 radical (unpaired) electrons. The highest BCUT2D eigenvalue weighted by molar-refractivity contribution is 7.10. The maximum Gasteiger partial charge on any atom is 0.242 e. The van der Waals surface area contributed by atoms with Gasteiger partial charge in [0, 0.05) is 21.5 Å². The van der Waals surface area contributed by atoms with Gasteiger partial charge in [-0.15, -0.1) is 11.3 Å². The average molecular weight is 302 g/mol. The molecule has 0 saturated heterocycles. The Morgan fingerprint density at radius 3 is 2.95 bits per heavy atom. The van der Waals surface area contributed by atoms with Gasteiger partial charge in [-0.05, 0) is 26.0 Å². The minimum absolute atomic E-state index is 0.0517. The number of thiophene rings is 1. The first-order valence-electron chi connectivity index (χ1n) is 6.62. The van der Waals surface area contributed by atoms with Crippen LogP contribution in [0.2, 0.25) is 0 Å². The van der Waals surface area contributed by atoms with E-state index in [1.165, 1.54) is 0 Å². The Bertz CT molecular complexity index is 690. The molecule has 0 unspecified atom stereocenters. The zero-order valence-corrected chi connectivity index (χ0v) is 13.0. The van der Waals surface area contributed by atoms with E-state index in [1.807, 2.05) is 31.4 Å². The van der Waals surface area contributed by atoms with E-state index in [9.17, 15) is 4.79 Å². The molecule has 1 amide bonds. The van der Waals surface area contributed by atoms with Crippen molar-refractivity contribution in [3.8, 4) is 11.8 Å². The van der Waals surface area contributed by atoms with Crippen LogP contribution in [0.4, 0.5) is 0 Å². The highest BCUT2D eigenvalue weighted by Gasteiger charge is 2.07. The van der Waals surface area contributed by atoms with E-state index in [2.05, 4.69) is 22.3 Å². The van der Waals surface area contributed by atoms with Gasteiger partial charge >= 0.3 is 0 Å². The first kappa shape index (κ1) is 15.3. The molecular formula is C15H18N4OS. The summed E-state index contributed by atoms with van der Waals surface area (Å²) in [7, 11) is 0. The molecule has 0 saturated carbocycles. The first-order chi connectivity index (χ1) is 10.1. The van der Waals surface area contributed by atoms with Crippen molar-refractivity contribution >= 4 is 17.2 Å². The molecule has 21 heavy (non-hydrogen) atoms. The van der Waals surface area contributed by atoms with Crippen molar-refractivity contribution in [1.29, 1.82) is 0 Å². The third-order valence-corrected chi connectivity index (χ3v) is 3.78. The van der Waals surface area contributed by atoms with Crippen LogP contribution in [0.3, 0.4) is 0 Å². The molecule has 2 heterocycles. The van der Waals surface area contributed by atoms with Crippen molar-refractivity contribution in [2.75, 3.05) is 6.54 Å². The Kier molecular flexibility index (Phi) is 5.14. The summed E-state index contributed by atoms with van der Waals surface area (Å²) >= 11 is 1.58. The lowest BCUT2D eigenvalue weighted by Crippen LogP contribution is -2.27. The van der Waals surface area contributed by atoms with Gasteiger partial charge < -0.3 is 11.1 Å². The predicted octanol–water partition coefficient (Wildman–Crippen LogP) is 1.19. The maximum atomic E-state index is 11.9. The van der Waals surface area contributed by atoms with E-state index in [4.69, 9.17) is 5.73 Å². The molecule has 2 aromatic heterocycles. The van der Waals surface area contributed by atoms with Crippen LogP contribution in [0.15, 0.2) is 17.5 Å². The van der Waals surface area contributed by atoms with E-state index in [0.29, 0.717) is 13.1 Å². The molecule has 0 spiro atoms. The molecule has 110 valence electrons. The summed E-state index contributed by atoms with van der Waals surface area (Å²) < 4.78 is 1.71. The van der Waals surface area contributed by atoms with Crippen LogP contribution in [0.5, 0.6) is 0 Å². The van der Waals surface area contributed by atoms with Crippen LogP contribution >= 0.6 is 11.3 Å². The lowest BCUT2D eigenvalue weighted by atomic mass is 10.3. The number of hydrogen-bond donors (Lipinski definition) is 2. The molecule has 2 aromatic rings. The number of nitrogens with one attached hydrogen (secondary N) is 1. The highest BCUT2D eigenvalue weighted by atomic mass is 32.1. The highest BCUT2D eigenvalue weighted by Crippen LogP contribution is 2.13. The van der Waals surface area contributed by atoms with Gasteiger partial charge in [-0.3, -0.25) is 9.48 Å². The minimum Gasteiger partial charge on any atom is -0.350 e. The van der Waals surface area contributed by atoms with Crippen LogP contribution in [-0.4, -0.2) is 22.2 Å². The molecule has 2 rings (SSSR count). The summed E-state index contributed by atoms with van der Waals surface area (Å²) in [5, 5.41) is 9.13. The lowest BCUT2D eigenvalue weighted by molar-refractivity contribution is -0.122. The van der Waals surface area contributed by atoms with Gasteiger partial charge in [-0.1, -0.05) is 11.8 Å². The molecule has 0 atom stereocenters. The fraction of sp³-hybridized carbons (Fsp3) is 0.333. The third-order valence-electron chi connectivity index (χ3n) is 2.85. The second kappa shape index (κ2) is 7.07. The number of nitrogens with zero attached hydrogens (tertiary/aromatic N) is 2. The van der Waals surface area contributed by atoms with Crippen molar-refractivity contribution in [3.05, 3.63) is 39.3 Å². The number of aryl methyl sites for hydroxylation is 2. The van der Waals surface area contributed by atoms with Gasteiger partial charge in [-0.25, -0.2) is 0 Å². The van der Waals surface area contributed by atoms with Crippen molar-refractivity contribution in [1.82, 2.24) is 15.1 Å². The number of nitrogens with two attached hydrogens (primary N) is 1. The fourth-order valence-corrected chi connectivity index (χ4v) is 2.66. The van der Waals surface area contributed by atoms with Crippen molar-refractivity contribution in [3.63, 3.8) is 0 Å². The van der Waals surface area contributed by atoms with Crippen LogP contribution in [0, 0.1) is 25.7 Å². The summed E-state index contributed by atoms with van der Waals surface area (Å²) in [4.78, 5) is 13.0.